The number of hydrogen-bond acceptors (Lipinski definition) is 6. The zero-order valence-corrected chi connectivity index (χ0v) is 16.1. The van der Waals surface area contributed by atoms with Crippen molar-refractivity contribution in [2.75, 3.05) is 5.32 Å². The van der Waals surface area contributed by atoms with Gasteiger partial charge in [-0.15, -0.1) is 0 Å². The smallest absolute Gasteiger partial charge is 0.258 e. The quantitative estimate of drug-likeness (QED) is 0.543. The molecule has 0 atom stereocenters. The van der Waals surface area contributed by atoms with Gasteiger partial charge in [0.1, 0.15) is 5.82 Å². The standard InChI is InChI=1S/C21H22N6O/c1-14(2)20-24-21(28-26-20)16-9-10-22-18(11-16)23-12-17-13-27(3)25-19(17)15-7-5-4-6-8-15/h4-11,13-14H,12H2,1-3H3,(H,22,23). The number of aryl methyl sites for hydroxylation is 1. The van der Waals surface area contributed by atoms with Crippen molar-refractivity contribution in [2.24, 2.45) is 7.05 Å². The SMILES string of the molecule is CC(C)c1noc(-c2ccnc(NCc3cn(C)nc3-c3ccccc3)c2)n1. The van der Waals surface area contributed by atoms with Gasteiger partial charge in [-0.1, -0.05) is 49.3 Å². The van der Waals surface area contributed by atoms with Crippen LogP contribution in [0.4, 0.5) is 5.82 Å². The van der Waals surface area contributed by atoms with Crippen LogP contribution in [0.15, 0.2) is 59.4 Å². The molecule has 0 saturated heterocycles. The number of hydrogen-bond donors (Lipinski definition) is 1. The maximum absolute atomic E-state index is 5.38. The van der Waals surface area contributed by atoms with E-state index in [0.717, 1.165) is 28.2 Å². The molecule has 4 rings (SSSR count). The van der Waals surface area contributed by atoms with E-state index in [-0.39, 0.29) is 5.92 Å². The fourth-order valence-electron chi connectivity index (χ4n) is 2.94. The van der Waals surface area contributed by atoms with Crippen molar-refractivity contribution in [2.45, 2.75) is 26.3 Å². The van der Waals surface area contributed by atoms with E-state index in [1.807, 2.05) is 62.1 Å². The molecule has 1 N–H and O–H groups in total. The van der Waals surface area contributed by atoms with E-state index in [1.54, 1.807) is 6.20 Å². The number of nitrogens with zero attached hydrogens (tertiary/aromatic N) is 5. The van der Waals surface area contributed by atoms with Gasteiger partial charge in [0, 0.05) is 48.6 Å². The van der Waals surface area contributed by atoms with Crippen molar-refractivity contribution < 1.29 is 4.52 Å². The third kappa shape index (κ3) is 3.78. The summed E-state index contributed by atoms with van der Waals surface area (Å²) in [5.41, 5.74) is 3.99. The minimum absolute atomic E-state index is 0.221. The molecule has 0 aliphatic rings. The Balaban J connectivity index is 1.53. The molecule has 0 aliphatic heterocycles. The first-order chi connectivity index (χ1) is 13.6. The Morgan fingerprint density at radius 2 is 1.93 bits per heavy atom. The first-order valence-electron chi connectivity index (χ1n) is 9.22. The third-order valence-corrected chi connectivity index (χ3v) is 4.38. The van der Waals surface area contributed by atoms with Crippen LogP contribution in [0.3, 0.4) is 0 Å². The predicted molar refractivity (Wildman–Crippen MR) is 108 cm³/mol. The molecule has 0 spiro atoms. The van der Waals surface area contributed by atoms with E-state index in [4.69, 9.17) is 4.52 Å². The molecule has 0 unspecified atom stereocenters. The summed E-state index contributed by atoms with van der Waals surface area (Å²) in [7, 11) is 1.93. The van der Waals surface area contributed by atoms with Gasteiger partial charge in [0.15, 0.2) is 5.82 Å². The van der Waals surface area contributed by atoms with Gasteiger partial charge < -0.3 is 9.84 Å². The Morgan fingerprint density at radius 1 is 1.11 bits per heavy atom. The highest BCUT2D eigenvalue weighted by Gasteiger charge is 2.13. The van der Waals surface area contributed by atoms with E-state index in [0.29, 0.717) is 18.3 Å². The van der Waals surface area contributed by atoms with Crippen LogP contribution in [-0.2, 0) is 13.6 Å². The van der Waals surface area contributed by atoms with Crippen LogP contribution in [0.2, 0.25) is 0 Å². The van der Waals surface area contributed by atoms with Gasteiger partial charge in [-0.2, -0.15) is 10.1 Å². The second-order valence-corrected chi connectivity index (χ2v) is 6.94. The zero-order valence-electron chi connectivity index (χ0n) is 16.1. The first-order valence-corrected chi connectivity index (χ1v) is 9.22. The molecule has 4 aromatic rings. The van der Waals surface area contributed by atoms with Crippen LogP contribution in [0.5, 0.6) is 0 Å². The largest absolute Gasteiger partial charge is 0.366 e. The van der Waals surface area contributed by atoms with Gasteiger partial charge in [-0.3, -0.25) is 4.68 Å². The monoisotopic (exact) mass is 374 g/mol. The molecule has 0 aliphatic carbocycles. The summed E-state index contributed by atoms with van der Waals surface area (Å²) in [6.45, 7) is 4.67. The van der Waals surface area contributed by atoms with Crippen LogP contribution >= 0.6 is 0 Å². The fourth-order valence-corrected chi connectivity index (χ4v) is 2.94. The molecule has 1 aromatic carbocycles. The lowest BCUT2D eigenvalue weighted by Gasteiger charge is -2.07. The molecule has 0 bridgehead atoms. The number of pyridine rings is 1. The lowest BCUT2D eigenvalue weighted by atomic mass is 10.1. The number of benzene rings is 1. The molecule has 0 saturated carbocycles. The predicted octanol–water partition coefficient (Wildman–Crippen LogP) is 4.27. The van der Waals surface area contributed by atoms with Crippen molar-refractivity contribution in [3.8, 4) is 22.7 Å². The summed E-state index contributed by atoms with van der Waals surface area (Å²) in [6, 6.07) is 13.9. The molecule has 7 nitrogen and oxygen atoms in total. The average Bonchev–Trinajstić information content (AvgIpc) is 3.34. The molecule has 142 valence electrons. The molecule has 0 radical (unpaired) electrons. The topological polar surface area (TPSA) is 81.7 Å². The Morgan fingerprint density at radius 3 is 2.68 bits per heavy atom. The number of rotatable bonds is 6. The molecule has 0 amide bonds. The highest BCUT2D eigenvalue weighted by atomic mass is 16.5. The summed E-state index contributed by atoms with van der Waals surface area (Å²) >= 11 is 0. The first kappa shape index (κ1) is 17.9. The van der Waals surface area contributed by atoms with Crippen molar-refractivity contribution in [1.82, 2.24) is 24.9 Å². The van der Waals surface area contributed by atoms with Crippen molar-refractivity contribution in [1.29, 1.82) is 0 Å². The molecule has 3 aromatic heterocycles. The second kappa shape index (κ2) is 7.64. The van der Waals surface area contributed by atoms with Gasteiger partial charge in [0.05, 0.1) is 5.69 Å². The number of anilines is 1. The summed E-state index contributed by atoms with van der Waals surface area (Å²) in [5, 5.41) is 12.0. The molecular weight excluding hydrogens is 352 g/mol. The van der Waals surface area contributed by atoms with Crippen LogP contribution < -0.4 is 5.32 Å². The Bertz CT molecular complexity index is 1070. The highest BCUT2D eigenvalue weighted by Crippen LogP contribution is 2.24. The fraction of sp³-hybridized carbons (Fsp3) is 0.238. The van der Waals surface area contributed by atoms with Crippen molar-refractivity contribution >= 4 is 5.82 Å². The summed E-state index contributed by atoms with van der Waals surface area (Å²) in [4.78, 5) is 8.85. The summed E-state index contributed by atoms with van der Waals surface area (Å²) in [6.07, 6.45) is 3.75. The van der Waals surface area contributed by atoms with Gasteiger partial charge in [0.25, 0.3) is 5.89 Å². The summed E-state index contributed by atoms with van der Waals surface area (Å²) < 4.78 is 7.21. The van der Waals surface area contributed by atoms with Crippen LogP contribution in [0.25, 0.3) is 22.7 Å². The van der Waals surface area contributed by atoms with Gasteiger partial charge in [-0.05, 0) is 12.1 Å². The zero-order chi connectivity index (χ0) is 19.5. The van der Waals surface area contributed by atoms with Gasteiger partial charge in [-0.25, -0.2) is 4.98 Å². The number of aromatic nitrogens is 5. The lowest BCUT2D eigenvalue weighted by Crippen LogP contribution is -2.02. The van der Waals surface area contributed by atoms with E-state index in [9.17, 15) is 0 Å². The van der Waals surface area contributed by atoms with E-state index >= 15 is 0 Å². The Hall–Kier alpha value is -3.48. The third-order valence-electron chi connectivity index (χ3n) is 4.38. The molecular formula is C21H22N6O. The Kier molecular flexibility index (Phi) is 4.89. The average molecular weight is 374 g/mol. The molecule has 7 heteroatoms. The molecule has 3 heterocycles. The van der Waals surface area contributed by atoms with Gasteiger partial charge >= 0.3 is 0 Å². The van der Waals surface area contributed by atoms with E-state index in [2.05, 4.69) is 37.7 Å². The molecule has 28 heavy (non-hydrogen) atoms. The number of nitrogens with one attached hydrogen (secondary N) is 1. The van der Waals surface area contributed by atoms with Crippen molar-refractivity contribution in [3.63, 3.8) is 0 Å². The Labute approximate surface area is 163 Å². The highest BCUT2D eigenvalue weighted by molar-refractivity contribution is 5.63. The van der Waals surface area contributed by atoms with Crippen molar-refractivity contribution in [3.05, 3.63) is 66.2 Å². The van der Waals surface area contributed by atoms with Crippen LogP contribution in [0.1, 0.15) is 31.2 Å². The maximum Gasteiger partial charge on any atom is 0.258 e. The normalized spacial score (nSPS) is 11.1. The van der Waals surface area contributed by atoms with Crippen LogP contribution in [0, 0.1) is 0 Å². The van der Waals surface area contributed by atoms with Crippen LogP contribution in [-0.4, -0.2) is 24.9 Å². The molecule has 0 fully saturated rings. The minimum Gasteiger partial charge on any atom is -0.366 e. The minimum atomic E-state index is 0.221. The van der Waals surface area contributed by atoms with E-state index < -0.39 is 0 Å². The van der Waals surface area contributed by atoms with Gasteiger partial charge in [0.2, 0.25) is 0 Å². The maximum atomic E-state index is 5.38. The second-order valence-electron chi connectivity index (χ2n) is 6.94. The van der Waals surface area contributed by atoms with E-state index in [1.165, 1.54) is 0 Å². The summed E-state index contributed by atoms with van der Waals surface area (Å²) in [5.74, 6) is 2.16. The lowest BCUT2D eigenvalue weighted by molar-refractivity contribution is 0.419.